The second kappa shape index (κ2) is 11.4. The summed E-state index contributed by atoms with van der Waals surface area (Å²) in [5.74, 6) is 1.10. The Hall–Kier alpha value is -2.53. The number of morpholine rings is 1. The molecule has 1 amide bonds. The fraction of sp³-hybridized carbons (Fsp3) is 0.429. The first-order chi connectivity index (χ1) is 15.2. The molecule has 0 bridgehead atoms. The highest BCUT2D eigenvalue weighted by Gasteiger charge is 2.25. The van der Waals surface area contributed by atoms with Crippen molar-refractivity contribution in [2.75, 3.05) is 58.5 Å². The van der Waals surface area contributed by atoms with Crippen LogP contribution < -0.4 is 14.4 Å². The first-order valence-corrected chi connectivity index (χ1v) is 10.9. The number of aromatic nitrogens is 3. The molecule has 0 unspecified atom stereocenters. The molecule has 4 rings (SSSR count). The number of hydrogen-bond donors (Lipinski definition) is 0. The Kier molecular flexibility index (Phi) is 8.57. The molecule has 1 fully saturated rings. The summed E-state index contributed by atoms with van der Waals surface area (Å²) in [4.78, 5) is 30.3. The van der Waals surface area contributed by atoms with E-state index in [1.54, 1.807) is 25.3 Å². The lowest BCUT2D eigenvalue weighted by Gasteiger charge is -2.27. The Labute approximate surface area is 196 Å². The molecule has 1 aromatic carbocycles. The van der Waals surface area contributed by atoms with Gasteiger partial charge in [0.05, 0.1) is 33.6 Å². The highest BCUT2D eigenvalue weighted by atomic mass is 35.5. The van der Waals surface area contributed by atoms with Gasteiger partial charge in [-0.05, 0) is 18.6 Å². The molecular formula is C21H26ClN5O4S. The minimum atomic E-state index is -0.230. The van der Waals surface area contributed by atoms with Gasteiger partial charge in [0.1, 0.15) is 27.4 Å². The topological polar surface area (TPSA) is 89.9 Å². The number of ether oxygens (including phenoxy) is 3. The SMILES string of the molecule is COc1ccc(OC)c2sc(N(CCCN3CCOCC3)C(=O)c3cnccn3)nc12.Cl. The molecule has 1 saturated heterocycles. The average Bonchev–Trinajstić information content (AvgIpc) is 3.27. The van der Waals surface area contributed by atoms with Crippen molar-refractivity contribution in [1.29, 1.82) is 0 Å². The number of halogens is 1. The number of thiazole rings is 1. The van der Waals surface area contributed by atoms with Crippen LogP contribution in [0, 0.1) is 0 Å². The van der Waals surface area contributed by atoms with Crippen molar-refractivity contribution >= 4 is 45.0 Å². The molecule has 0 atom stereocenters. The zero-order chi connectivity index (χ0) is 21.6. The second-order valence-corrected chi connectivity index (χ2v) is 7.98. The summed E-state index contributed by atoms with van der Waals surface area (Å²) in [6.07, 6.45) is 5.35. The van der Waals surface area contributed by atoms with Gasteiger partial charge < -0.3 is 14.2 Å². The lowest BCUT2D eigenvalue weighted by atomic mass is 10.3. The molecule has 0 saturated carbocycles. The maximum Gasteiger partial charge on any atom is 0.280 e. The van der Waals surface area contributed by atoms with Crippen molar-refractivity contribution in [3.8, 4) is 11.5 Å². The van der Waals surface area contributed by atoms with E-state index in [-0.39, 0.29) is 24.0 Å². The predicted octanol–water partition coefficient (Wildman–Crippen LogP) is 2.89. The molecule has 3 aromatic rings. The maximum atomic E-state index is 13.3. The molecule has 9 nitrogen and oxygen atoms in total. The third-order valence-corrected chi connectivity index (χ3v) is 6.21. The molecule has 1 aliphatic heterocycles. The number of amides is 1. The van der Waals surface area contributed by atoms with Crippen LogP contribution in [0.3, 0.4) is 0 Å². The van der Waals surface area contributed by atoms with E-state index in [0.717, 1.165) is 44.0 Å². The number of rotatable bonds is 8. The van der Waals surface area contributed by atoms with Gasteiger partial charge in [0.25, 0.3) is 5.91 Å². The molecular weight excluding hydrogens is 454 g/mol. The molecule has 32 heavy (non-hydrogen) atoms. The summed E-state index contributed by atoms with van der Waals surface area (Å²) < 4.78 is 17.2. The lowest BCUT2D eigenvalue weighted by Crippen LogP contribution is -2.39. The summed E-state index contributed by atoms with van der Waals surface area (Å²) in [7, 11) is 3.22. The van der Waals surface area contributed by atoms with Gasteiger partial charge in [0.2, 0.25) is 0 Å². The first-order valence-electron chi connectivity index (χ1n) is 10.1. The zero-order valence-electron chi connectivity index (χ0n) is 18.0. The number of carbonyl (C=O) groups excluding carboxylic acids is 1. The number of nitrogens with zero attached hydrogens (tertiary/aromatic N) is 5. The Bertz CT molecular complexity index is 989. The highest BCUT2D eigenvalue weighted by Crippen LogP contribution is 2.40. The van der Waals surface area contributed by atoms with Gasteiger partial charge in [-0.2, -0.15) is 0 Å². The van der Waals surface area contributed by atoms with Gasteiger partial charge in [0.15, 0.2) is 5.13 Å². The van der Waals surface area contributed by atoms with E-state index in [0.29, 0.717) is 28.7 Å². The van der Waals surface area contributed by atoms with Crippen molar-refractivity contribution in [3.63, 3.8) is 0 Å². The van der Waals surface area contributed by atoms with Gasteiger partial charge in [0, 0.05) is 38.6 Å². The van der Waals surface area contributed by atoms with Gasteiger partial charge in [-0.15, -0.1) is 12.4 Å². The van der Waals surface area contributed by atoms with Crippen molar-refractivity contribution in [2.45, 2.75) is 6.42 Å². The van der Waals surface area contributed by atoms with Gasteiger partial charge in [-0.1, -0.05) is 11.3 Å². The average molecular weight is 480 g/mol. The summed E-state index contributed by atoms with van der Waals surface area (Å²) in [5.41, 5.74) is 0.957. The second-order valence-electron chi connectivity index (χ2n) is 7.00. The standard InChI is InChI=1S/C21H25N5O4S.ClH/c1-28-16-4-5-17(29-2)19-18(16)24-21(31-19)26(20(27)15-14-22-6-7-23-15)9-3-8-25-10-12-30-13-11-25;/h4-7,14H,3,8-13H2,1-2H3;1H. The maximum absolute atomic E-state index is 13.3. The normalized spacial score (nSPS) is 14.1. The number of fused-ring (bicyclic) bond motifs is 1. The molecule has 11 heteroatoms. The summed E-state index contributed by atoms with van der Waals surface area (Å²) in [6, 6.07) is 3.66. The van der Waals surface area contributed by atoms with Gasteiger partial charge >= 0.3 is 0 Å². The van der Waals surface area contributed by atoms with Crippen LogP contribution in [0.5, 0.6) is 11.5 Å². The minimum absolute atomic E-state index is 0. The summed E-state index contributed by atoms with van der Waals surface area (Å²) in [5, 5.41) is 0.579. The molecule has 0 spiro atoms. The Morgan fingerprint density at radius 3 is 2.62 bits per heavy atom. The molecule has 0 aliphatic carbocycles. The minimum Gasteiger partial charge on any atom is -0.495 e. The molecule has 3 heterocycles. The molecule has 0 radical (unpaired) electrons. The number of benzene rings is 1. The molecule has 1 aliphatic rings. The fourth-order valence-electron chi connectivity index (χ4n) is 3.50. The summed E-state index contributed by atoms with van der Waals surface area (Å²) in [6.45, 7) is 4.71. The van der Waals surface area contributed by atoms with E-state index in [2.05, 4.69) is 14.9 Å². The first kappa shape index (κ1) is 24.1. The Morgan fingerprint density at radius 2 is 1.94 bits per heavy atom. The van der Waals surface area contributed by atoms with E-state index >= 15 is 0 Å². The van der Waals surface area contributed by atoms with Gasteiger partial charge in [-0.25, -0.2) is 9.97 Å². The largest absolute Gasteiger partial charge is 0.495 e. The van der Waals surface area contributed by atoms with Crippen LogP contribution >= 0.6 is 23.7 Å². The lowest BCUT2D eigenvalue weighted by molar-refractivity contribution is 0.0376. The monoisotopic (exact) mass is 479 g/mol. The zero-order valence-corrected chi connectivity index (χ0v) is 19.7. The van der Waals surface area contributed by atoms with Gasteiger partial charge in [-0.3, -0.25) is 19.6 Å². The van der Waals surface area contributed by atoms with Crippen molar-refractivity contribution in [1.82, 2.24) is 19.9 Å². The number of carbonyl (C=O) groups is 1. The third kappa shape index (κ3) is 5.26. The Morgan fingerprint density at radius 1 is 1.19 bits per heavy atom. The van der Waals surface area contributed by atoms with Crippen molar-refractivity contribution in [2.24, 2.45) is 0 Å². The van der Waals surface area contributed by atoms with Crippen LogP contribution in [-0.4, -0.2) is 79.4 Å². The highest BCUT2D eigenvalue weighted by molar-refractivity contribution is 7.22. The third-order valence-electron chi connectivity index (χ3n) is 5.12. The number of anilines is 1. The van der Waals surface area contributed by atoms with Crippen LogP contribution in [0.4, 0.5) is 5.13 Å². The van der Waals surface area contributed by atoms with E-state index in [4.69, 9.17) is 19.2 Å². The van der Waals surface area contributed by atoms with Crippen LogP contribution in [-0.2, 0) is 4.74 Å². The van der Waals surface area contributed by atoms with Crippen molar-refractivity contribution < 1.29 is 19.0 Å². The molecule has 0 N–H and O–H groups in total. The smallest absolute Gasteiger partial charge is 0.280 e. The van der Waals surface area contributed by atoms with Crippen LogP contribution in [0.15, 0.2) is 30.7 Å². The van der Waals surface area contributed by atoms with E-state index < -0.39 is 0 Å². The number of methoxy groups -OCH3 is 2. The summed E-state index contributed by atoms with van der Waals surface area (Å²) >= 11 is 1.40. The van der Waals surface area contributed by atoms with Crippen LogP contribution in [0.2, 0.25) is 0 Å². The van der Waals surface area contributed by atoms with E-state index in [1.165, 1.54) is 23.7 Å². The number of hydrogen-bond acceptors (Lipinski definition) is 9. The fourth-order valence-corrected chi connectivity index (χ4v) is 4.60. The van der Waals surface area contributed by atoms with E-state index in [1.807, 2.05) is 12.1 Å². The quantitative estimate of drug-likeness (QED) is 0.487. The van der Waals surface area contributed by atoms with Crippen LogP contribution in [0.1, 0.15) is 16.9 Å². The predicted molar refractivity (Wildman–Crippen MR) is 126 cm³/mol. The van der Waals surface area contributed by atoms with E-state index in [9.17, 15) is 4.79 Å². The van der Waals surface area contributed by atoms with Crippen molar-refractivity contribution in [3.05, 3.63) is 36.4 Å². The molecule has 172 valence electrons. The Balaban J connectivity index is 0.00000289. The van der Waals surface area contributed by atoms with Crippen LogP contribution in [0.25, 0.3) is 10.2 Å². The molecule has 2 aromatic heterocycles.